The van der Waals surface area contributed by atoms with Gasteiger partial charge in [0.1, 0.15) is 6.61 Å². The molecule has 0 saturated heterocycles. The average molecular weight is 418 g/mol. The van der Waals surface area contributed by atoms with E-state index in [0.29, 0.717) is 23.1 Å². The lowest BCUT2D eigenvalue weighted by molar-refractivity contribution is 0.282. The molecule has 6 heteroatoms. The van der Waals surface area contributed by atoms with Gasteiger partial charge in [0.2, 0.25) is 0 Å². The van der Waals surface area contributed by atoms with Gasteiger partial charge < -0.3 is 14.7 Å². The fraction of sp³-hybridized carbons (Fsp3) is 0.133. The highest BCUT2D eigenvalue weighted by molar-refractivity contribution is 14.1. The summed E-state index contributed by atoms with van der Waals surface area (Å²) in [5.41, 5.74) is 1.70. The highest BCUT2D eigenvalue weighted by Gasteiger charge is 2.11. The number of rotatable bonds is 5. The molecule has 2 aromatic rings. The molecule has 0 spiro atoms. The molecule has 0 bridgehead atoms. The van der Waals surface area contributed by atoms with Crippen molar-refractivity contribution in [2.75, 3.05) is 7.11 Å². The number of hydrogen-bond acceptors (Lipinski definition) is 4. The molecular weight excluding hydrogens is 405 g/mol. The molecule has 2 aromatic carbocycles. The molecule has 0 aliphatic rings. The van der Waals surface area contributed by atoms with Crippen molar-refractivity contribution in [3.8, 4) is 11.5 Å². The van der Waals surface area contributed by atoms with Crippen LogP contribution in [0.15, 0.2) is 41.6 Å². The first-order chi connectivity index (χ1) is 10.1. The molecule has 1 N–H and O–H groups in total. The van der Waals surface area contributed by atoms with Crippen molar-refractivity contribution in [3.63, 3.8) is 0 Å². The maximum absolute atomic E-state index is 8.60. The SMILES string of the molecule is COc1cc(/C=N\O)cc(I)c1OCc1cccc(Cl)c1. The van der Waals surface area contributed by atoms with E-state index in [1.54, 1.807) is 13.2 Å². The summed E-state index contributed by atoms with van der Waals surface area (Å²) in [4.78, 5) is 0. The lowest BCUT2D eigenvalue weighted by atomic mass is 10.2. The minimum atomic E-state index is 0.389. The summed E-state index contributed by atoms with van der Waals surface area (Å²) in [5.74, 6) is 1.23. The third-order valence-electron chi connectivity index (χ3n) is 2.73. The minimum Gasteiger partial charge on any atom is -0.493 e. The summed E-state index contributed by atoms with van der Waals surface area (Å²) in [7, 11) is 1.57. The average Bonchev–Trinajstić information content (AvgIpc) is 2.46. The van der Waals surface area contributed by atoms with Crippen molar-refractivity contribution < 1.29 is 14.7 Å². The van der Waals surface area contributed by atoms with Crippen LogP contribution in [-0.4, -0.2) is 18.5 Å². The summed E-state index contributed by atoms with van der Waals surface area (Å²) in [6, 6.07) is 11.1. The van der Waals surface area contributed by atoms with E-state index in [4.69, 9.17) is 26.3 Å². The Morgan fingerprint density at radius 1 is 1.33 bits per heavy atom. The van der Waals surface area contributed by atoms with Crippen molar-refractivity contribution in [1.29, 1.82) is 0 Å². The Morgan fingerprint density at radius 2 is 2.14 bits per heavy atom. The number of halogens is 2. The fourth-order valence-corrected chi connectivity index (χ4v) is 2.80. The summed E-state index contributed by atoms with van der Waals surface area (Å²) in [6.45, 7) is 0.389. The van der Waals surface area contributed by atoms with Gasteiger partial charge in [0.05, 0.1) is 16.9 Å². The van der Waals surface area contributed by atoms with Gasteiger partial charge in [-0.15, -0.1) is 0 Å². The molecule has 0 aliphatic carbocycles. The lowest BCUT2D eigenvalue weighted by Gasteiger charge is -2.13. The molecule has 0 aliphatic heterocycles. The Bertz CT molecular complexity index is 661. The molecule has 0 saturated carbocycles. The van der Waals surface area contributed by atoms with Crippen LogP contribution in [0.5, 0.6) is 11.5 Å². The van der Waals surface area contributed by atoms with Gasteiger partial charge >= 0.3 is 0 Å². The third kappa shape index (κ3) is 4.25. The van der Waals surface area contributed by atoms with Crippen molar-refractivity contribution in [1.82, 2.24) is 0 Å². The van der Waals surface area contributed by atoms with Gasteiger partial charge in [0.15, 0.2) is 11.5 Å². The zero-order valence-corrected chi connectivity index (χ0v) is 14.1. The van der Waals surface area contributed by atoms with E-state index in [0.717, 1.165) is 14.7 Å². The largest absolute Gasteiger partial charge is 0.493 e. The van der Waals surface area contributed by atoms with Gasteiger partial charge in [0.25, 0.3) is 0 Å². The molecule has 0 heterocycles. The predicted molar refractivity (Wildman–Crippen MR) is 90.9 cm³/mol. The van der Waals surface area contributed by atoms with Crippen LogP contribution >= 0.6 is 34.2 Å². The first-order valence-electron chi connectivity index (χ1n) is 6.06. The van der Waals surface area contributed by atoms with Crippen LogP contribution < -0.4 is 9.47 Å². The monoisotopic (exact) mass is 417 g/mol. The van der Waals surface area contributed by atoms with Crippen LogP contribution in [0.1, 0.15) is 11.1 Å². The summed E-state index contributed by atoms with van der Waals surface area (Å²) >= 11 is 8.10. The highest BCUT2D eigenvalue weighted by Crippen LogP contribution is 2.34. The van der Waals surface area contributed by atoms with Gasteiger partial charge in [-0.05, 0) is 52.4 Å². The Kier molecular flexibility index (Phi) is 5.69. The summed E-state index contributed by atoms with van der Waals surface area (Å²) < 4.78 is 12.0. The second-order valence-corrected chi connectivity index (χ2v) is 5.80. The van der Waals surface area contributed by atoms with E-state index in [1.807, 2.05) is 30.3 Å². The van der Waals surface area contributed by atoms with Gasteiger partial charge in [-0.1, -0.05) is 28.9 Å². The first kappa shape index (κ1) is 15.9. The van der Waals surface area contributed by atoms with Crippen LogP contribution in [-0.2, 0) is 6.61 Å². The quantitative estimate of drug-likeness (QED) is 0.341. The zero-order chi connectivity index (χ0) is 15.2. The highest BCUT2D eigenvalue weighted by atomic mass is 127. The van der Waals surface area contributed by atoms with Gasteiger partial charge in [-0.2, -0.15) is 0 Å². The number of nitrogens with zero attached hydrogens (tertiary/aromatic N) is 1. The number of benzene rings is 2. The fourth-order valence-electron chi connectivity index (χ4n) is 1.80. The van der Waals surface area contributed by atoms with Crippen molar-refractivity contribution in [3.05, 3.63) is 56.1 Å². The van der Waals surface area contributed by atoms with Crippen LogP contribution in [0.2, 0.25) is 5.02 Å². The molecule has 2 rings (SSSR count). The molecule has 0 aromatic heterocycles. The topological polar surface area (TPSA) is 51.0 Å². The smallest absolute Gasteiger partial charge is 0.174 e. The minimum absolute atomic E-state index is 0.389. The van der Waals surface area contributed by atoms with E-state index < -0.39 is 0 Å². The second kappa shape index (κ2) is 7.51. The molecule has 0 radical (unpaired) electrons. The van der Waals surface area contributed by atoms with Crippen LogP contribution in [0.3, 0.4) is 0 Å². The molecular formula is C15H13ClINO3. The van der Waals surface area contributed by atoms with E-state index in [1.165, 1.54) is 6.21 Å². The lowest BCUT2D eigenvalue weighted by Crippen LogP contribution is -2.00. The Morgan fingerprint density at radius 3 is 2.81 bits per heavy atom. The van der Waals surface area contributed by atoms with E-state index in [-0.39, 0.29) is 0 Å². The second-order valence-electron chi connectivity index (χ2n) is 4.20. The molecule has 4 nitrogen and oxygen atoms in total. The van der Waals surface area contributed by atoms with Crippen molar-refractivity contribution in [2.45, 2.75) is 6.61 Å². The van der Waals surface area contributed by atoms with Crippen LogP contribution in [0, 0.1) is 3.57 Å². The maximum Gasteiger partial charge on any atom is 0.174 e. The summed E-state index contributed by atoms with van der Waals surface area (Å²) in [6.07, 6.45) is 1.34. The Labute approximate surface area is 141 Å². The van der Waals surface area contributed by atoms with Crippen molar-refractivity contribution in [2.24, 2.45) is 5.16 Å². The summed E-state index contributed by atoms with van der Waals surface area (Å²) in [5, 5.41) is 12.3. The zero-order valence-electron chi connectivity index (χ0n) is 11.2. The van der Waals surface area contributed by atoms with Crippen LogP contribution in [0.4, 0.5) is 0 Å². The normalized spacial score (nSPS) is 10.8. The van der Waals surface area contributed by atoms with E-state index in [2.05, 4.69) is 27.7 Å². The van der Waals surface area contributed by atoms with Gasteiger partial charge in [0, 0.05) is 10.6 Å². The Balaban J connectivity index is 2.23. The Hall–Kier alpha value is -1.47. The molecule has 110 valence electrons. The standard InChI is InChI=1S/C15H13ClINO3/c1-20-14-7-11(8-18-19)6-13(17)15(14)21-9-10-3-2-4-12(16)5-10/h2-8,19H,9H2,1H3/b18-8-. The maximum atomic E-state index is 8.60. The molecule has 0 fully saturated rings. The first-order valence-corrected chi connectivity index (χ1v) is 7.52. The number of hydrogen-bond donors (Lipinski definition) is 1. The van der Waals surface area contributed by atoms with Crippen LogP contribution in [0.25, 0.3) is 0 Å². The molecule has 0 amide bonds. The molecule has 0 atom stereocenters. The number of methoxy groups -OCH3 is 1. The van der Waals surface area contributed by atoms with E-state index >= 15 is 0 Å². The predicted octanol–water partition coefficient (Wildman–Crippen LogP) is 4.34. The number of ether oxygens (including phenoxy) is 2. The van der Waals surface area contributed by atoms with Gasteiger partial charge in [-0.25, -0.2) is 0 Å². The molecule has 21 heavy (non-hydrogen) atoms. The van der Waals surface area contributed by atoms with Crippen molar-refractivity contribution >= 4 is 40.4 Å². The molecule has 0 unspecified atom stereocenters. The van der Waals surface area contributed by atoms with Gasteiger partial charge in [-0.3, -0.25) is 0 Å². The van der Waals surface area contributed by atoms with E-state index in [9.17, 15) is 0 Å². The number of oxime groups is 1. The third-order valence-corrected chi connectivity index (χ3v) is 3.77.